The zero-order chi connectivity index (χ0) is 17.1. The van der Waals surface area contributed by atoms with Crippen LogP contribution in [-0.4, -0.2) is 34.8 Å². The summed E-state index contributed by atoms with van der Waals surface area (Å²) < 4.78 is 0. The van der Waals surface area contributed by atoms with Crippen LogP contribution in [0.5, 0.6) is 0 Å². The summed E-state index contributed by atoms with van der Waals surface area (Å²) in [6.07, 6.45) is 4.86. The second kappa shape index (κ2) is 7.34. The Kier molecular flexibility index (Phi) is 5.19. The number of benzene rings is 1. The fourth-order valence-corrected chi connectivity index (χ4v) is 3.66. The first-order valence-electron chi connectivity index (χ1n) is 8.94. The van der Waals surface area contributed by atoms with Gasteiger partial charge in [-0.3, -0.25) is 9.59 Å². The average Bonchev–Trinajstić information content (AvgIpc) is 2.93. The fourth-order valence-electron chi connectivity index (χ4n) is 3.66. The summed E-state index contributed by atoms with van der Waals surface area (Å²) in [5, 5.41) is 3.14. The van der Waals surface area contributed by atoms with Crippen LogP contribution < -0.4 is 11.1 Å². The maximum Gasteiger partial charge on any atom is 0.243 e. The molecule has 24 heavy (non-hydrogen) atoms. The van der Waals surface area contributed by atoms with Crippen LogP contribution in [0.1, 0.15) is 49.7 Å². The second-order valence-corrected chi connectivity index (χ2v) is 7.18. The van der Waals surface area contributed by atoms with E-state index in [-0.39, 0.29) is 29.9 Å². The molecule has 130 valence electrons. The molecule has 1 heterocycles. The van der Waals surface area contributed by atoms with Crippen molar-refractivity contribution in [2.24, 2.45) is 5.73 Å². The van der Waals surface area contributed by atoms with Gasteiger partial charge in [0.25, 0.3) is 0 Å². The molecule has 1 aliphatic heterocycles. The first kappa shape index (κ1) is 17.0. The number of nitrogens with one attached hydrogen (secondary N) is 1. The highest BCUT2D eigenvalue weighted by Gasteiger charge is 2.36. The number of nitrogens with two attached hydrogens (primary N) is 1. The van der Waals surface area contributed by atoms with Crippen LogP contribution in [-0.2, 0) is 16.1 Å². The predicted octanol–water partition coefficient (Wildman–Crippen LogP) is 1.87. The maximum atomic E-state index is 12.7. The monoisotopic (exact) mass is 329 g/mol. The van der Waals surface area contributed by atoms with Gasteiger partial charge in [0.15, 0.2) is 0 Å². The molecule has 1 saturated heterocycles. The first-order chi connectivity index (χ1) is 11.5. The predicted molar refractivity (Wildman–Crippen MR) is 93.1 cm³/mol. The zero-order valence-electron chi connectivity index (χ0n) is 14.3. The van der Waals surface area contributed by atoms with E-state index in [1.165, 1.54) is 5.56 Å². The van der Waals surface area contributed by atoms with Crippen molar-refractivity contribution in [3.63, 3.8) is 0 Å². The molecule has 1 saturated carbocycles. The van der Waals surface area contributed by atoms with Crippen LogP contribution in [0.3, 0.4) is 0 Å². The molecule has 1 aromatic carbocycles. The third-order valence-corrected chi connectivity index (χ3v) is 5.22. The van der Waals surface area contributed by atoms with Crippen LogP contribution in [0.2, 0.25) is 0 Å². The van der Waals surface area contributed by atoms with Gasteiger partial charge in [0.1, 0.15) is 6.04 Å². The Morgan fingerprint density at radius 2 is 1.83 bits per heavy atom. The molecule has 1 unspecified atom stereocenters. The molecule has 5 heteroatoms. The normalized spacial score (nSPS) is 27.3. The molecule has 0 radical (unpaired) electrons. The van der Waals surface area contributed by atoms with Crippen molar-refractivity contribution in [1.29, 1.82) is 0 Å². The standard InChI is InChI=1S/C19H27N3O2/c1-13-2-4-14(5-3-13)12-22-17(10-11-18(22)23)19(24)21-16-8-6-15(20)7-9-16/h2-5,15-17H,6-12,20H2,1H3,(H,21,24). The zero-order valence-corrected chi connectivity index (χ0v) is 14.3. The van der Waals surface area contributed by atoms with E-state index in [0.29, 0.717) is 19.4 Å². The molecule has 1 atom stereocenters. The van der Waals surface area contributed by atoms with Crippen molar-refractivity contribution in [1.82, 2.24) is 10.2 Å². The molecule has 2 aliphatic rings. The number of nitrogens with zero attached hydrogens (tertiary/aromatic N) is 1. The van der Waals surface area contributed by atoms with Gasteiger partial charge in [-0.25, -0.2) is 0 Å². The van der Waals surface area contributed by atoms with Crippen molar-refractivity contribution < 1.29 is 9.59 Å². The summed E-state index contributed by atoms with van der Waals surface area (Å²) in [5.41, 5.74) is 8.18. The minimum absolute atomic E-state index is 0.00608. The summed E-state index contributed by atoms with van der Waals surface area (Å²) >= 11 is 0. The number of aryl methyl sites for hydroxylation is 1. The Balaban J connectivity index is 1.61. The number of likely N-dealkylation sites (tertiary alicyclic amines) is 1. The van der Waals surface area contributed by atoms with Crippen LogP contribution in [0.25, 0.3) is 0 Å². The molecule has 0 bridgehead atoms. The van der Waals surface area contributed by atoms with E-state index in [2.05, 4.69) is 5.32 Å². The topological polar surface area (TPSA) is 75.4 Å². The minimum atomic E-state index is -0.339. The number of carbonyl (C=O) groups is 2. The maximum absolute atomic E-state index is 12.7. The van der Waals surface area contributed by atoms with Gasteiger partial charge >= 0.3 is 0 Å². The number of amides is 2. The van der Waals surface area contributed by atoms with Crippen LogP contribution in [0.4, 0.5) is 0 Å². The van der Waals surface area contributed by atoms with Gasteiger partial charge in [0, 0.05) is 25.0 Å². The largest absolute Gasteiger partial charge is 0.352 e. The summed E-state index contributed by atoms with van der Waals surface area (Å²) in [6.45, 7) is 2.55. The van der Waals surface area contributed by atoms with Gasteiger partial charge in [-0.15, -0.1) is 0 Å². The van der Waals surface area contributed by atoms with Crippen LogP contribution in [0.15, 0.2) is 24.3 Å². The number of carbonyl (C=O) groups excluding carboxylic acids is 2. The quantitative estimate of drug-likeness (QED) is 0.885. The third kappa shape index (κ3) is 3.96. The molecule has 1 aromatic rings. The van der Waals surface area contributed by atoms with Crippen molar-refractivity contribution in [3.8, 4) is 0 Å². The van der Waals surface area contributed by atoms with E-state index < -0.39 is 0 Å². The van der Waals surface area contributed by atoms with E-state index in [1.807, 2.05) is 31.2 Å². The van der Waals surface area contributed by atoms with Crippen LogP contribution in [0, 0.1) is 6.92 Å². The minimum Gasteiger partial charge on any atom is -0.352 e. The number of hydrogen-bond donors (Lipinski definition) is 2. The van der Waals surface area contributed by atoms with E-state index in [1.54, 1.807) is 4.90 Å². The van der Waals surface area contributed by atoms with Gasteiger partial charge in [-0.2, -0.15) is 0 Å². The average molecular weight is 329 g/mol. The molecular formula is C19H27N3O2. The Morgan fingerprint density at radius 3 is 2.50 bits per heavy atom. The molecular weight excluding hydrogens is 302 g/mol. The Bertz CT molecular complexity index is 591. The molecule has 2 amide bonds. The summed E-state index contributed by atoms with van der Waals surface area (Å²) in [5.74, 6) is 0.0647. The Hall–Kier alpha value is -1.88. The molecule has 3 N–H and O–H groups in total. The smallest absolute Gasteiger partial charge is 0.243 e. The van der Waals surface area contributed by atoms with Gasteiger partial charge in [-0.05, 0) is 44.6 Å². The lowest BCUT2D eigenvalue weighted by atomic mass is 9.91. The Morgan fingerprint density at radius 1 is 1.17 bits per heavy atom. The summed E-state index contributed by atoms with van der Waals surface area (Å²) in [7, 11) is 0. The summed E-state index contributed by atoms with van der Waals surface area (Å²) in [6, 6.07) is 8.26. The van der Waals surface area contributed by atoms with Crippen molar-refractivity contribution in [2.45, 2.75) is 70.1 Å². The molecule has 3 rings (SSSR count). The first-order valence-corrected chi connectivity index (χ1v) is 8.94. The van der Waals surface area contributed by atoms with Crippen molar-refractivity contribution in [3.05, 3.63) is 35.4 Å². The lowest BCUT2D eigenvalue weighted by molar-refractivity contribution is -0.136. The van der Waals surface area contributed by atoms with E-state index in [9.17, 15) is 9.59 Å². The molecule has 0 spiro atoms. The molecule has 0 aromatic heterocycles. The third-order valence-electron chi connectivity index (χ3n) is 5.22. The lowest BCUT2D eigenvalue weighted by Crippen LogP contribution is -2.49. The number of hydrogen-bond acceptors (Lipinski definition) is 3. The van der Waals surface area contributed by atoms with Gasteiger partial charge in [0.2, 0.25) is 11.8 Å². The van der Waals surface area contributed by atoms with Crippen molar-refractivity contribution in [2.75, 3.05) is 0 Å². The van der Waals surface area contributed by atoms with E-state index >= 15 is 0 Å². The van der Waals surface area contributed by atoms with Gasteiger partial charge < -0.3 is 16.0 Å². The molecule has 5 nitrogen and oxygen atoms in total. The molecule has 1 aliphatic carbocycles. The highest BCUT2D eigenvalue weighted by molar-refractivity contribution is 5.91. The Labute approximate surface area is 143 Å². The highest BCUT2D eigenvalue weighted by Crippen LogP contribution is 2.23. The second-order valence-electron chi connectivity index (χ2n) is 7.18. The molecule has 2 fully saturated rings. The lowest BCUT2D eigenvalue weighted by Gasteiger charge is -2.30. The highest BCUT2D eigenvalue weighted by atomic mass is 16.2. The number of rotatable bonds is 4. The summed E-state index contributed by atoms with van der Waals surface area (Å²) in [4.78, 5) is 26.6. The van der Waals surface area contributed by atoms with E-state index in [0.717, 1.165) is 31.2 Å². The van der Waals surface area contributed by atoms with Crippen molar-refractivity contribution >= 4 is 11.8 Å². The van der Waals surface area contributed by atoms with Crippen LogP contribution >= 0.6 is 0 Å². The SMILES string of the molecule is Cc1ccc(CN2C(=O)CCC2C(=O)NC2CCC(N)CC2)cc1. The van der Waals surface area contributed by atoms with Gasteiger partial charge in [-0.1, -0.05) is 29.8 Å². The fraction of sp³-hybridized carbons (Fsp3) is 0.579. The van der Waals surface area contributed by atoms with Gasteiger partial charge in [0.05, 0.1) is 0 Å². The van der Waals surface area contributed by atoms with E-state index in [4.69, 9.17) is 5.73 Å².